The fourth-order valence-corrected chi connectivity index (χ4v) is 2.08. The molecule has 2 aromatic rings. The second kappa shape index (κ2) is 5.32. The quantitative estimate of drug-likeness (QED) is 0.588. The Bertz CT molecular complexity index is 602. The summed E-state index contributed by atoms with van der Waals surface area (Å²) in [7, 11) is 1.45. The van der Waals surface area contributed by atoms with E-state index in [0.717, 1.165) is 6.07 Å². The number of hydrogen-bond donors (Lipinski definition) is 0. The Morgan fingerprint density at radius 2 is 1.84 bits per heavy atom. The SMILES string of the molecule is COc1ccccc1-c1cc(C(F)(F)F)nc(I)n1. The molecule has 0 aliphatic carbocycles. The van der Waals surface area contributed by atoms with Gasteiger partial charge in [-0.1, -0.05) is 12.1 Å². The second-order valence-electron chi connectivity index (χ2n) is 3.61. The number of aromatic nitrogens is 2. The molecular formula is C12H8F3IN2O. The van der Waals surface area contributed by atoms with Crippen molar-refractivity contribution in [1.82, 2.24) is 9.97 Å². The molecule has 0 radical (unpaired) electrons. The molecule has 2 rings (SSSR count). The van der Waals surface area contributed by atoms with Crippen LogP contribution in [0.3, 0.4) is 0 Å². The molecule has 3 nitrogen and oxygen atoms in total. The highest BCUT2D eigenvalue weighted by Crippen LogP contribution is 2.33. The average Bonchev–Trinajstić information content (AvgIpc) is 2.37. The average molecular weight is 380 g/mol. The highest BCUT2D eigenvalue weighted by Gasteiger charge is 2.33. The van der Waals surface area contributed by atoms with Crippen LogP contribution in [-0.4, -0.2) is 17.1 Å². The monoisotopic (exact) mass is 380 g/mol. The Hall–Kier alpha value is -1.38. The fraction of sp³-hybridized carbons (Fsp3) is 0.167. The lowest BCUT2D eigenvalue weighted by molar-refractivity contribution is -0.141. The van der Waals surface area contributed by atoms with Gasteiger partial charge >= 0.3 is 6.18 Å². The fourth-order valence-electron chi connectivity index (χ4n) is 1.56. The van der Waals surface area contributed by atoms with Crippen molar-refractivity contribution >= 4 is 22.6 Å². The first kappa shape index (κ1) is 14.0. The molecule has 0 spiro atoms. The van der Waals surface area contributed by atoms with Crippen molar-refractivity contribution in [2.24, 2.45) is 0 Å². The molecule has 19 heavy (non-hydrogen) atoms. The summed E-state index contributed by atoms with van der Waals surface area (Å²) in [5, 5.41) is 0. The van der Waals surface area contributed by atoms with Crippen molar-refractivity contribution in [2.75, 3.05) is 7.11 Å². The molecule has 0 saturated heterocycles. The maximum Gasteiger partial charge on any atom is 0.433 e. The van der Waals surface area contributed by atoms with Crippen molar-refractivity contribution in [3.63, 3.8) is 0 Å². The van der Waals surface area contributed by atoms with Crippen LogP contribution in [0.1, 0.15) is 5.69 Å². The van der Waals surface area contributed by atoms with Crippen molar-refractivity contribution < 1.29 is 17.9 Å². The molecule has 7 heteroatoms. The van der Waals surface area contributed by atoms with Crippen LogP contribution < -0.4 is 4.74 Å². The van der Waals surface area contributed by atoms with Gasteiger partial charge in [0.25, 0.3) is 0 Å². The van der Waals surface area contributed by atoms with Crippen LogP contribution in [0, 0.1) is 3.83 Å². The molecule has 100 valence electrons. The third kappa shape index (κ3) is 3.14. The van der Waals surface area contributed by atoms with Crippen LogP contribution >= 0.6 is 22.6 Å². The van der Waals surface area contributed by atoms with E-state index in [1.807, 2.05) is 0 Å². The van der Waals surface area contributed by atoms with Crippen LogP contribution in [0.2, 0.25) is 0 Å². The molecule has 0 aliphatic heterocycles. The number of rotatable bonds is 2. The van der Waals surface area contributed by atoms with E-state index in [1.165, 1.54) is 7.11 Å². The lowest BCUT2D eigenvalue weighted by Gasteiger charge is -2.10. The van der Waals surface area contributed by atoms with E-state index < -0.39 is 11.9 Å². The maximum absolute atomic E-state index is 12.7. The van der Waals surface area contributed by atoms with E-state index in [2.05, 4.69) is 9.97 Å². The number of nitrogens with zero attached hydrogens (tertiary/aromatic N) is 2. The molecule has 0 saturated carbocycles. The van der Waals surface area contributed by atoms with Crippen LogP contribution in [0.25, 0.3) is 11.3 Å². The highest BCUT2D eigenvalue weighted by molar-refractivity contribution is 14.1. The minimum absolute atomic E-state index is 0.0355. The van der Waals surface area contributed by atoms with Gasteiger partial charge in [0.05, 0.1) is 12.8 Å². The molecule has 0 aliphatic rings. The zero-order valence-electron chi connectivity index (χ0n) is 9.70. The van der Waals surface area contributed by atoms with E-state index in [9.17, 15) is 13.2 Å². The Labute approximate surface area is 121 Å². The maximum atomic E-state index is 12.7. The van der Waals surface area contributed by atoms with Gasteiger partial charge < -0.3 is 4.74 Å². The first-order valence-electron chi connectivity index (χ1n) is 5.17. The molecule has 1 heterocycles. The van der Waals surface area contributed by atoms with E-state index in [-0.39, 0.29) is 9.53 Å². The predicted octanol–water partition coefficient (Wildman–Crippen LogP) is 3.78. The number of para-hydroxylation sites is 1. The summed E-state index contributed by atoms with van der Waals surface area (Å²) >= 11 is 1.66. The van der Waals surface area contributed by atoms with Gasteiger partial charge in [-0.25, -0.2) is 9.97 Å². The molecule has 0 fully saturated rings. The van der Waals surface area contributed by atoms with E-state index in [4.69, 9.17) is 4.74 Å². The van der Waals surface area contributed by atoms with E-state index in [1.54, 1.807) is 46.9 Å². The molecule has 0 unspecified atom stereocenters. The Balaban J connectivity index is 2.60. The minimum atomic E-state index is -4.50. The van der Waals surface area contributed by atoms with Gasteiger partial charge in [-0.2, -0.15) is 13.2 Å². The normalized spacial score (nSPS) is 11.4. The van der Waals surface area contributed by atoms with Gasteiger partial charge in [-0.05, 0) is 18.2 Å². The Kier molecular flexibility index (Phi) is 3.93. The lowest BCUT2D eigenvalue weighted by atomic mass is 10.1. The van der Waals surface area contributed by atoms with Crippen molar-refractivity contribution in [1.29, 1.82) is 0 Å². The summed E-state index contributed by atoms with van der Waals surface area (Å²) < 4.78 is 43.3. The summed E-state index contributed by atoms with van der Waals surface area (Å²) in [5.41, 5.74) is -0.284. The summed E-state index contributed by atoms with van der Waals surface area (Å²) in [6.45, 7) is 0. The van der Waals surface area contributed by atoms with Gasteiger partial charge in [0.2, 0.25) is 0 Å². The van der Waals surface area contributed by atoms with Gasteiger partial charge in [0.1, 0.15) is 11.4 Å². The topological polar surface area (TPSA) is 35.0 Å². The number of alkyl halides is 3. The second-order valence-corrected chi connectivity index (χ2v) is 4.57. The molecule has 0 bridgehead atoms. The van der Waals surface area contributed by atoms with Crippen LogP contribution in [0.4, 0.5) is 13.2 Å². The summed E-state index contributed by atoms with van der Waals surface area (Å²) in [6, 6.07) is 7.67. The first-order valence-corrected chi connectivity index (χ1v) is 6.25. The Morgan fingerprint density at radius 1 is 1.16 bits per heavy atom. The largest absolute Gasteiger partial charge is 0.496 e. The minimum Gasteiger partial charge on any atom is -0.496 e. The predicted molar refractivity (Wildman–Crippen MR) is 71.7 cm³/mol. The van der Waals surface area contributed by atoms with Gasteiger partial charge in [-0.3, -0.25) is 0 Å². The van der Waals surface area contributed by atoms with Crippen molar-refractivity contribution in [3.05, 3.63) is 39.9 Å². The van der Waals surface area contributed by atoms with Gasteiger partial charge in [0, 0.05) is 28.2 Å². The van der Waals surface area contributed by atoms with Crippen molar-refractivity contribution in [2.45, 2.75) is 6.18 Å². The van der Waals surface area contributed by atoms with Crippen LogP contribution in [0.15, 0.2) is 30.3 Å². The smallest absolute Gasteiger partial charge is 0.433 e. The van der Waals surface area contributed by atoms with Gasteiger partial charge in [-0.15, -0.1) is 0 Å². The number of ether oxygens (including phenoxy) is 1. The highest BCUT2D eigenvalue weighted by atomic mass is 127. The third-order valence-electron chi connectivity index (χ3n) is 2.37. The first-order chi connectivity index (χ1) is 8.91. The summed E-state index contributed by atoms with van der Waals surface area (Å²) in [5.74, 6) is 0.463. The van der Waals surface area contributed by atoms with Crippen LogP contribution in [-0.2, 0) is 6.18 Å². The molecule has 0 amide bonds. The lowest BCUT2D eigenvalue weighted by Crippen LogP contribution is -2.10. The summed E-state index contributed by atoms with van der Waals surface area (Å²) in [6.07, 6.45) is -4.50. The number of benzene rings is 1. The number of methoxy groups -OCH3 is 1. The number of hydrogen-bond acceptors (Lipinski definition) is 3. The molecule has 0 N–H and O–H groups in total. The van der Waals surface area contributed by atoms with E-state index in [0.29, 0.717) is 11.3 Å². The van der Waals surface area contributed by atoms with E-state index >= 15 is 0 Å². The molecular weight excluding hydrogens is 372 g/mol. The third-order valence-corrected chi connectivity index (χ3v) is 2.85. The summed E-state index contributed by atoms with van der Waals surface area (Å²) in [4.78, 5) is 7.42. The zero-order valence-corrected chi connectivity index (χ0v) is 11.9. The van der Waals surface area contributed by atoms with Gasteiger partial charge in [0.15, 0.2) is 3.83 Å². The van der Waals surface area contributed by atoms with Crippen LogP contribution in [0.5, 0.6) is 5.75 Å². The molecule has 1 aromatic heterocycles. The molecule has 1 aromatic carbocycles. The standard InChI is InChI=1S/C12H8F3IN2O/c1-19-9-5-3-2-4-7(9)8-6-10(12(13,14)15)18-11(16)17-8/h2-6H,1H3. The zero-order chi connectivity index (χ0) is 14.0. The number of halogens is 4. The van der Waals surface area contributed by atoms with Crippen molar-refractivity contribution in [3.8, 4) is 17.0 Å². The Morgan fingerprint density at radius 3 is 2.47 bits per heavy atom. The molecule has 0 atom stereocenters.